The number of unbranched alkanes of at least 4 members (excludes halogenated alkanes) is 4. The average molecular weight is 521 g/mol. The Balaban J connectivity index is -0.000000414. The van der Waals surface area contributed by atoms with E-state index in [2.05, 4.69) is 59.0 Å². The summed E-state index contributed by atoms with van der Waals surface area (Å²) in [6.45, 7) is 29.0. The van der Waals surface area contributed by atoms with Crippen molar-refractivity contribution in [3.05, 3.63) is 0 Å². The van der Waals surface area contributed by atoms with Crippen LogP contribution in [0.5, 0.6) is 0 Å². The Morgan fingerprint density at radius 1 is 0.515 bits per heavy atom. The standard InChI is InChI=1S/2C11H26N.H2O7S2/c2*1-5-9-10-11-12(6-2,7-3)8-4;1-8(2,3)7-9(4,5)6/h2*5-11H2,1-4H3;(H,1,2,3)(H,4,5,6)/q2*+1;/p-2. The van der Waals surface area contributed by atoms with Crippen LogP contribution < -0.4 is 0 Å². The summed E-state index contributed by atoms with van der Waals surface area (Å²) >= 11 is 0. The Bertz CT molecular complexity index is 573. The topological polar surface area (TPSA) is 124 Å². The highest BCUT2D eigenvalue weighted by Crippen LogP contribution is 2.10. The molecule has 0 rings (SSSR count). The van der Waals surface area contributed by atoms with E-state index < -0.39 is 20.8 Å². The number of hydrogen-bond donors (Lipinski definition) is 0. The number of hydrogen-bond acceptors (Lipinski definition) is 7. The first-order valence-electron chi connectivity index (χ1n) is 12.5. The smallest absolute Gasteiger partial charge is 0.231 e. The van der Waals surface area contributed by atoms with Gasteiger partial charge in [0.1, 0.15) is 0 Å². The molecule has 0 saturated carbocycles. The van der Waals surface area contributed by atoms with Gasteiger partial charge in [-0.25, -0.2) is 16.8 Å². The zero-order valence-corrected chi connectivity index (χ0v) is 24.1. The maximum absolute atomic E-state index is 9.29. The molecule has 9 nitrogen and oxygen atoms in total. The Morgan fingerprint density at radius 3 is 0.879 bits per heavy atom. The van der Waals surface area contributed by atoms with E-state index >= 15 is 0 Å². The molecular weight excluding hydrogens is 468 g/mol. The van der Waals surface area contributed by atoms with Crippen molar-refractivity contribution in [3.63, 3.8) is 0 Å². The fraction of sp³-hybridized carbons (Fsp3) is 1.00. The highest BCUT2D eigenvalue weighted by molar-refractivity contribution is 7.94. The van der Waals surface area contributed by atoms with Crippen LogP contribution in [0.2, 0.25) is 0 Å². The highest BCUT2D eigenvalue weighted by Gasteiger charge is 2.19. The van der Waals surface area contributed by atoms with Gasteiger partial charge in [-0.3, -0.25) is 0 Å². The zero-order valence-electron chi connectivity index (χ0n) is 22.5. The fourth-order valence-electron chi connectivity index (χ4n) is 3.79. The van der Waals surface area contributed by atoms with E-state index in [1.165, 1.54) is 99.8 Å². The first-order chi connectivity index (χ1) is 15.2. The minimum atomic E-state index is -5.43. The largest absolute Gasteiger partial charge is 0.725 e. The molecule has 0 aliphatic rings. The van der Waals surface area contributed by atoms with Crippen molar-refractivity contribution in [1.82, 2.24) is 0 Å². The van der Waals surface area contributed by atoms with Crippen LogP contribution in [0.4, 0.5) is 0 Å². The molecule has 0 N–H and O–H groups in total. The first-order valence-corrected chi connectivity index (χ1v) is 15.2. The van der Waals surface area contributed by atoms with E-state index in [1.54, 1.807) is 0 Å². The van der Waals surface area contributed by atoms with Gasteiger partial charge in [0.2, 0.25) is 20.8 Å². The summed E-state index contributed by atoms with van der Waals surface area (Å²) in [7, 11) is -10.9. The molecule has 0 heterocycles. The van der Waals surface area contributed by atoms with E-state index in [1.807, 2.05) is 0 Å². The molecule has 0 aromatic carbocycles. The minimum Gasteiger partial charge on any atom is -0.725 e. The summed E-state index contributed by atoms with van der Waals surface area (Å²) in [5.41, 5.74) is 0. The quantitative estimate of drug-likeness (QED) is 0.130. The number of nitrogens with zero attached hydrogens (tertiary/aromatic N) is 2. The Labute approximate surface area is 205 Å². The van der Waals surface area contributed by atoms with E-state index in [0.29, 0.717) is 0 Å². The molecule has 0 amide bonds. The van der Waals surface area contributed by atoms with Crippen LogP contribution in [0, 0.1) is 0 Å². The molecule has 0 atom stereocenters. The Morgan fingerprint density at radius 2 is 0.758 bits per heavy atom. The lowest BCUT2D eigenvalue weighted by molar-refractivity contribution is -0.923. The predicted octanol–water partition coefficient (Wildman–Crippen LogP) is 4.03. The molecule has 0 unspecified atom stereocenters. The summed E-state index contributed by atoms with van der Waals surface area (Å²) in [4.78, 5) is 0. The predicted molar refractivity (Wildman–Crippen MR) is 133 cm³/mol. The number of rotatable bonds is 16. The summed E-state index contributed by atoms with van der Waals surface area (Å²) in [6.07, 6.45) is 8.31. The van der Waals surface area contributed by atoms with Gasteiger partial charge in [0.05, 0.1) is 52.4 Å². The van der Waals surface area contributed by atoms with Crippen molar-refractivity contribution in [2.24, 2.45) is 0 Å². The summed E-state index contributed by atoms with van der Waals surface area (Å²) < 4.78 is 60.8. The maximum atomic E-state index is 9.29. The van der Waals surface area contributed by atoms with Crippen molar-refractivity contribution in [2.75, 3.05) is 52.4 Å². The summed E-state index contributed by atoms with van der Waals surface area (Å²) in [6, 6.07) is 0. The van der Waals surface area contributed by atoms with E-state index in [9.17, 15) is 25.9 Å². The van der Waals surface area contributed by atoms with E-state index in [4.69, 9.17) is 0 Å². The molecule has 0 saturated heterocycles. The van der Waals surface area contributed by atoms with Crippen LogP contribution in [0.15, 0.2) is 0 Å². The van der Waals surface area contributed by atoms with Gasteiger partial charge in [-0.1, -0.05) is 26.7 Å². The fourth-order valence-corrected chi connectivity index (χ4v) is 4.60. The minimum absolute atomic E-state index is 1.30. The molecule has 0 aliphatic carbocycles. The second-order valence-corrected chi connectivity index (χ2v) is 10.5. The third-order valence-electron chi connectivity index (χ3n) is 6.66. The molecule has 0 aromatic heterocycles. The molecule has 0 bridgehead atoms. The lowest BCUT2D eigenvalue weighted by atomic mass is 10.2. The van der Waals surface area contributed by atoms with Crippen LogP contribution in [0.3, 0.4) is 0 Å². The number of quaternary nitrogens is 2. The van der Waals surface area contributed by atoms with Gasteiger partial charge in [-0.05, 0) is 67.2 Å². The van der Waals surface area contributed by atoms with Gasteiger partial charge in [0.25, 0.3) is 0 Å². The van der Waals surface area contributed by atoms with Crippen LogP contribution in [-0.2, 0) is 24.4 Å². The van der Waals surface area contributed by atoms with Crippen molar-refractivity contribution in [3.8, 4) is 0 Å². The van der Waals surface area contributed by atoms with Gasteiger partial charge in [0, 0.05) is 0 Å². The van der Waals surface area contributed by atoms with Crippen LogP contribution in [-0.4, -0.2) is 87.3 Å². The molecule has 0 aliphatic heterocycles. The van der Waals surface area contributed by atoms with Crippen molar-refractivity contribution >= 4 is 20.8 Å². The highest BCUT2D eigenvalue weighted by atomic mass is 32.3. The Hall–Kier alpha value is -0.300. The van der Waals surface area contributed by atoms with Crippen LogP contribution in [0.25, 0.3) is 0 Å². The lowest BCUT2D eigenvalue weighted by Gasteiger charge is -2.35. The van der Waals surface area contributed by atoms with Crippen LogP contribution >= 0.6 is 0 Å². The summed E-state index contributed by atoms with van der Waals surface area (Å²) in [5, 5.41) is 0. The second-order valence-electron chi connectivity index (χ2n) is 8.33. The van der Waals surface area contributed by atoms with Gasteiger partial charge in [-0.15, -0.1) is 0 Å². The van der Waals surface area contributed by atoms with Crippen molar-refractivity contribution in [2.45, 2.75) is 93.9 Å². The molecule has 0 fully saturated rings. The monoisotopic (exact) mass is 520 g/mol. The lowest BCUT2D eigenvalue weighted by Crippen LogP contribution is -2.48. The molecule has 0 spiro atoms. The van der Waals surface area contributed by atoms with Gasteiger partial charge in [0.15, 0.2) is 0 Å². The molecular formula is C22H52N2O7S2. The normalized spacial score (nSPS) is 12.4. The van der Waals surface area contributed by atoms with Crippen LogP contribution in [0.1, 0.15) is 93.9 Å². The zero-order chi connectivity index (χ0) is 26.6. The molecule has 204 valence electrons. The van der Waals surface area contributed by atoms with Crippen molar-refractivity contribution < 1.29 is 38.5 Å². The average Bonchev–Trinajstić information content (AvgIpc) is 2.74. The van der Waals surface area contributed by atoms with E-state index in [0.717, 1.165) is 0 Å². The van der Waals surface area contributed by atoms with E-state index in [-0.39, 0.29) is 0 Å². The molecule has 33 heavy (non-hydrogen) atoms. The SMILES string of the molecule is CCCCC[N+](CC)(CC)CC.CCCCC[N+](CC)(CC)CC.O=S(=O)([O-])OS(=O)(=O)[O-]. The third kappa shape index (κ3) is 21.9. The first kappa shape index (κ1) is 37.3. The second kappa shape index (κ2) is 19.9. The van der Waals surface area contributed by atoms with Gasteiger partial charge in [-0.2, -0.15) is 3.63 Å². The Kier molecular flexibility index (Phi) is 22.5. The molecule has 0 radical (unpaired) electrons. The molecule has 11 heteroatoms. The summed E-state index contributed by atoms with van der Waals surface area (Å²) in [5.74, 6) is 0. The van der Waals surface area contributed by atoms with Crippen molar-refractivity contribution in [1.29, 1.82) is 0 Å². The third-order valence-corrected chi connectivity index (χ3v) is 8.00. The van der Waals surface area contributed by atoms with Gasteiger partial charge >= 0.3 is 0 Å². The molecule has 0 aromatic rings. The van der Waals surface area contributed by atoms with Gasteiger partial charge < -0.3 is 18.1 Å². The maximum Gasteiger partial charge on any atom is 0.231 e.